The highest BCUT2D eigenvalue weighted by Gasteiger charge is 2.34. The Balaban J connectivity index is 1.59. The van der Waals surface area contributed by atoms with Crippen LogP contribution in [0.1, 0.15) is 19.3 Å². The van der Waals surface area contributed by atoms with E-state index in [1.54, 1.807) is 6.07 Å². The summed E-state index contributed by atoms with van der Waals surface area (Å²) in [5, 5.41) is 3.91. The summed E-state index contributed by atoms with van der Waals surface area (Å²) in [5.41, 5.74) is 0. The number of nitrogens with zero attached hydrogens (tertiary/aromatic N) is 3. The van der Waals surface area contributed by atoms with Crippen molar-refractivity contribution in [1.82, 2.24) is 14.9 Å². The van der Waals surface area contributed by atoms with Crippen LogP contribution >= 0.6 is 11.6 Å². The molecule has 2 aliphatic rings. The molecule has 86 valence electrons. The number of nitrogens with one attached hydrogen (secondary N) is 1. The average molecular weight is 239 g/mol. The zero-order chi connectivity index (χ0) is 11.0. The molecule has 0 spiro atoms. The molecule has 1 unspecified atom stereocenters. The highest BCUT2D eigenvalue weighted by molar-refractivity contribution is 6.29. The molecule has 1 aliphatic carbocycles. The number of hydrogen-bond donors (Lipinski definition) is 1. The molecular formula is C11H15ClN4. The monoisotopic (exact) mass is 238 g/mol. The first-order valence-electron chi connectivity index (χ1n) is 5.79. The van der Waals surface area contributed by atoms with E-state index >= 15 is 0 Å². The van der Waals surface area contributed by atoms with Gasteiger partial charge in [0.1, 0.15) is 17.3 Å². The lowest BCUT2D eigenvalue weighted by Gasteiger charge is -2.15. The van der Waals surface area contributed by atoms with Gasteiger partial charge in [-0.15, -0.1) is 0 Å². The quantitative estimate of drug-likeness (QED) is 0.816. The predicted octanol–water partition coefficient (Wildman–Crippen LogP) is 1.78. The molecule has 3 rings (SSSR count). The lowest BCUT2D eigenvalue weighted by Crippen LogP contribution is -2.27. The van der Waals surface area contributed by atoms with Crippen molar-refractivity contribution < 1.29 is 0 Å². The molecule has 4 nitrogen and oxygen atoms in total. The number of hydrogen-bond acceptors (Lipinski definition) is 4. The van der Waals surface area contributed by atoms with Crippen molar-refractivity contribution in [3.63, 3.8) is 0 Å². The van der Waals surface area contributed by atoms with Crippen LogP contribution in [0.5, 0.6) is 0 Å². The van der Waals surface area contributed by atoms with E-state index in [1.165, 1.54) is 32.1 Å². The van der Waals surface area contributed by atoms with Crippen LogP contribution in [0.2, 0.25) is 5.15 Å². The summed E-state index contributed by atoms with van der Waals surface area (Å²) in [6, 6.07) is 3.15. The molecule has 1 atom stereocenters. The molecule has 1 N–H and O–H groups in total. The number of likely N-dealkylation sites (tertiary alicyclic amines) is 1. The molecular weight excluding hydrogens is 224 g/mol. The second-order valence-electron chi connectivity index (χ2n) is 4.58. The van der Waals surface area contributed by atoms with Gasteiger partial charge in [-0.05, 0) is 19.3 Å². The zero-order valence-electron chi connectivity index (χ0n) is 9.06. The van der Waals surface area contributed by atoms with Crippen LogP contribution < -0.4 is 5.32 Å². The largest absolute Gasteiger partial charge is 0.366 e. The maximum atomic E-state index is 5.82. The van der Waals surface area contributed by atoms with Crippen LogP contribution in [0.15, 0.2) is 12.4 Å². The highest BCUT2D eigenvalue weighted by atomic mass is 35.5. The van der Waals surface area contributed by atoms with Gasteiger partial charge in [0.2, 0.25) is 0 Å². The van der Waals surface area contributed by atoms with Crippen molar-refractivity contribution in [2.75, 3.05) is 18.4 Å². The van der Waals surface area contributed by atoms with E-state index in [0.29, 0.717) is 11.2 Å². The Kier molecular flexibility index (Phi) is 2.69. The molecule has 2 fully saturated rings. The molecule has 16 heavy (non-hydrogen) atoms. The summed E-state index contributed by atoms with van der Waals surface area (Å²) in [4.78, 5) is 10.6. The molecule has 0 bridgehead atoms. The summed E-state index contributed by atoms with van der Waals surface area (Å²) in [7, 11) is 0. The Bertz CT molecular complexity index is 380. The molecule has 1 aliphatic heterocycles. The Morgan fingerprint density at radius 1 is 1.31 bits per heavy atom. The van der Waals surface area contributed by atoms with Gasteiger partial charge in [-0.2, -0.15) is 0 Å². The first-order chi connectivity index (χ1) is 7.81. The third-order valence-corrected chi connectivity index (χ3v) is 3.48. The van der Waals surface area contributed by atoms with E-state index in [0.717, 1.165) is 18.4 Å². The van der Waals surface area contributed by atoms with Crippen molar-refractivity contribution >= 4 is 17.4 Å². The third kappa shape index (κ3) is 2.28. The first kappa shape index (κ1) is 10.3. The van der Waals surface area contributed by atoms with Crippen LogP contribution in [-0.2, 0) is 0 Å². The normalized spacial score (nSPS) is 25.9. The van der Waals surface area contributed by atoms with Crippen LogP contribution in [0.4, 0.5) is 5.82 Å². The van der Waals surface area contributed by atoms with Crippen molar-refractivity contribution in [2.24, 2.45) is 0 Å². The predicted molar refractivity (Wildman–Crippen MR) is 63.7 cm³/mol. The summed E-state index contributed by atoms with van der Waals surface area (Å²) < 4.78 is 0. The Labute approximate surface area is 100 Å². The second-order valence-corrected chi connectivity index (χ2v) is 4.97. The fourth-order valence-electron chi connectivity index (χ4n) is 2.30. The van der Waals surface area contributed by atoms with Crippen molar-refractivity contribution in [2.45, 2.75) is 31.3 Å². The fraction of sp³-hybridized carbons (Fsp3) is 0.636. The lowest BCUT2D eigenvalue weighted by molar-refractivity contribution is 0.326. The smallest absolute Gasteiger partial charge is 0.134 e. The number of anilines is 1. The van der Waals surface area contributed by atoms with E-state index in [9.17, 15) is 0 Å². The van der Waals surface area contributed by atoms with Crippen LogP contribution in [0, 0.1) is 0 Å². The average Bonchev–Trinajstić information content (AvgIpc) is 3.01. The SMILES string of the molecule is Clc1cc(NC2CCN(C3CC3)C2)ncn1. The Hall–Kier alpha value is -0.870. The van der Waals surface area contributed by atoms with E-state index in [4.69, 9.17) is 11.6 Å². The summed E-state index contributed by atoms with van der Waals surface area (Å²) in [6.45, 7) is 2.34. The maximum Gasteiger partial charge on any atom is 0.134 e. The minimum Gasteiger partial charge on any atom is -0.366 e. The summed E-state index contributed by atoms with van der Waals surface area (Å²) >= 11 is 5.82. The summed E-state index contributed by atoms with van der Waals surface area (Å²) in [6.07, 6.45) is 5.45. The van der Waals surface area contributed by atoms with E-state index < -0.39 is 0 Å². The van der Waals surface area contributed by atoms with E-state index in [-0.39, 0.29) is 0 Å². The van der Waals surface area contributed by atoms with Gasteiger partial charge in [0.25, 0.3) is 0 Å². The Morgan fingerprint density at radius 3 is 2.94 bits per heavy atom. The summed E-state index contributed by atoms with van der Waals surface area (Å²) in [5.74, 6) is 0.836. The van der Waals surface area contributed by atoms with Gasteiger partial charge in [-0.25, -0.2) is 9.97 Å². The third-order valence-electron chi connectivity index (χ3n) is 3.27. The van der Waals surface area contributed by atoms with Crippen molar-refractivity contribution in [3.8, 4) is 0 Å². The maximum absolute atomic E-state index is 5.82. The van der Waals surface area contributed by atoms with Crippen molar-refractivity contribution in [3.05, 3.63) is 17.5 Å². The van der Waals surface area contributed by atoms with Gasteiger partial charge in [-0.1, -0.05) is 11.6 Å². The highest BCUT2D eigenvalue weighted by Crippen LogP contribution is 2.30. The molecule has 1 aromatic heterocycles. The van der Waals surface area contributed by atoms with E-state index in [2.05, 4.69) is 20.2 Å². The fourth-order valence-corrected chi connectivity index (χ4v) is 2.45. The van der Waals surface area contributed by atoms with Gasteiger partial charge in [0.15, 0.2) is 0 Å². The zero-order valence-corrected chi connectivity index (χ0v) is 9.82. The van der Waals surface area contributed by atoms with Crippen LogP contribution in [-0.4, -0.2) is 40.0 Å². The standard InChI is InChI=1S/C11H15ClN4/c12-10-5-11(14-7-13-10)15-8-3-4-16(6-8)9-1-2-9/h5,7-9H,1-4,6H2,(H,13,14,15). The molecule has 1 saturated heterocycles. The first-order valence-corrected chi connectivity index (χ1v) is 6.17. The van der Waals surface area contributed by atoms with Gasteiger partial charge in [0, 0.05) is 31.2 Å². The Morgan fingerprint density at radius 2 is 2.19 bits per heavy atom. The number of rotatable bonds is 3. The number of halogens is 1. The molecule has 0 amide bonds. The topological polar surface area (TPSA) is 41.0 Å². The van der Waals surface area contributed by atoms with Crippen LogP contribution in [0.25, 0.3) is 0 Å². The minimum absolute atomic E-state index is 0.495. The lowest BCUT2D eigenvalue weighted by atomic mass is 10.2. The molecule has 1 aromatic rings. The molecule has 5 heteroatoms. The molecule has 1 saturated carbocycles. The minimum atomic E-state index is 0.495. The van der Waals surface area contributed by atoms with Gasteiger partial charge in [-0.3, -0.25) is 4.90 Å². The molecule has 0 radical (unpaired) electrons. The molecule has 0 aromatic carbocycles. The number of aromatic nitrogens is 2. The van der Waals surface area contributed by atoms with Gasteiger partial charge in [0.05, 0.1) is 0 Å². The van der Waals surface area contributed by atoms with Crippen LogP contribution in [0.3, 0.4) is 0 Å². The molecule has 2 heterocycles. The second kappa shape index (κ2) is 4.18. The van der Waals surface area contributed by atoms with Crippen molar-refractivity contribution in [1.29, 1.82) is 0 Å². The van der Waals surface area contributed by atoms with Gasteiger partial charge < -0.3 is 5.32 Å². The van der Waals surface area contributed by atoms with E-state index in [1.807, 2.05) is 0 Å². The van der Waals surface area contributed by atoms with Gasteiger partial charge >= 0.3 is 0 Å².